The van der Waals surface area contributed by atoms with Crippen LogP contribution in [0.5, 0.6) is 0 Å². The van der Waals surface area contributed by atoms with Gasteiger partial charge in [-0.05, 0) is 6.92 Å². The average molecular weight is 675 g/mol. The van der Waals surface area contributed by atoms with Crippen molar-refractivity contribution in [3.05, 3.63) is 0 Å². The van der Waals surface area contributed by atoms with E-state index in [0.29, 0.717) is 0 Å². The molecule has 248 valence electrons. The van der Waals surface area contributed by atoms with Crippen LogP contribution < -0.4 is 10.6 Å². The van der Waals surface area contributed by atoms with Crippen LogP contribution in [-0.4, -0.2) is 163 Å². The molecule has 3 aliphatic heterocycles. The standard InChI is InChI=1S/C24H42N4O12S3/c1-12(29)9-41-15(22(35)25-7-14-19(32)18(31)13(8-38-14)27-42(2,3)36)6-16(30)26-10-24-11-39-23(40-24)17(20(33)21(24)34)28-43(4,5)37/h13-15,17-21,23,31-34H,6-11H2,1-5H3,(H,25,35)(H,26,30)/t13-,14?,15?,17?,18+,19-,20+,21+,23-,24-/m0/s1. The molecule has 0 aromatic carbocycles. The largest absolute Gasteiger partial charge is 0.388 e. The predicted molar refractivity (Wildman–Crippen MR) is 157 cm³/mol. The van der Waals surface area contributed by atoms with Crippen LogP contribution in [0.1, 0.15) is 13.3 Å². The molecule has 6 N–H and O–H groups in total. The second-order valence-electron chi connectivity index (χ2n) is 11.5. The third kappa shape index (κ3) is 9.78. The second kappa shape index (κ2) is 14.3. The molecular formula is C24H42N4O12S3. The minimum absolute atomic E-state index is 0.0560. The van der Waals surface area contributed by atoms with Gasteiger partial charge in [0.2, 0.25) is 11.8 Å². The molecule has 0 aromatic rings. The number of carbonyl (C=O) groups is 3. The fourth-order valence-electron chi connectivity index (χ4n) is 4.82. The highest BCUT2D eigenvalue weighted by Gasteiger charge is 2.59. The summed E-state index contributed by atoms with van der Waals surface area (Å²) >= 11 is 0.935. The second-order valence-corrected chi connectivity index (χ2v) is 17.8. The number of ether oxygens (including phenoxy) is 3. The third-order valence-corrected chi connectivity index (χ3v) is 9.80. The van der Waals surface area contributed by atoms with Gasteiger partial charge in [0.05, 0.1) is 30.8 Å². The van der Waals surface area contributed by atoms with E-state index < -0.39 is 91.0 Å². The number of Topliss-reactive ketones (excluding diaryl/α,β-unsaturated/α-hetero) is 1. The van der Waals surface area contributed by atoms with E-state index in [-0.39, 0.29) is 44.3 Å². The Bertz CT molecular complexity index is 1280. The minimum atomic E-state index is -2.65. The van der Waals surface area contributed by atoms with Gasteiger partial charge in [-0.1, -0.05) is 0 Å². The number of nitrogens with one attached hydrogen (secondary N) is 2. The summed E-state index contributed by atoms with van der Waals surface area (Å²) in [6, 6.07) is -1.99. The van der Waals surface area contributed by atoms with Crippen molar-refractivity contribution in [1.29, 1.82) is 0 Å². The van der Waals surface area contributed by atoms with Gasteiger partial charge < -0.3 is 45.3 Å². The van der Waals surface area contributed by atoms with Crippen LogP contribution in [0.4, 0.5) is 0 Å². The number of hydrogen-bond acceptors (Lipinski definition) is 15. The zero-order valence-electron chi connectivity index (χ0n) is 24.6. The van der Waals surface area contributed by atoms with Gasteiger partial charge in [0.15, 0.2) is 6.29 Å². The summed E-state index contributed by atoms with van der Waals surface area (Å²) < 4.78 is 49.0. The molecule has 0 aliphatic carbocycles. The molecular weight excluding hydrogens is 632 g/mol. The zero-order valence-corrected chi connectivity index (χ0v) is 27.1. The van der Waals surface area contributed by atoms with Crippen molar-refractivity contribution in [3.8, 4) is 0 Å². The lowest BCUT2D eigenvalue weighted by molar-refractivity contribution is -0.216. The fourth-order valence-corrected chi connectivity index (χ4v) is 7.41. The van der Waals surface area contributed by atoms with Crippen molar-refractivity contribution < 1.29 is 57.4 Å². The first-order chi connectivity index (χ1) is 19.8. The number of thioether (sulfide) groups is 1. The van der Waals surface area contributed by atoms with E-state index in [9.17, 15) is 43.2 Å². The highest BCUT2D eigenvalue weighted by Crippen LogP contribution is 2.38. The number of carbonyl (C=O) groups excluding carboxylic acids is 3. The third-order valence-electron chi connectivity index (χ3n) is 6.92. The highest BCUT2D eigenvalue weighted by atomic mass is 32.2. The number of aliphatic hydroxyl groups excluding tert-OH is 4. The quantitative estimate of drug-likeness (QED) is 0.118. The summed E-state index contributed by atoms with van der Waals surface area (Å²) in [6.45, 7) is 0.531. The van der Waals surface area contributed by atoms with Crippen molar-refractivity contribution in [2.24, 2.45) is 8.73 Å². The number of amides is 2. The molecule has 0 saturated carbocycles. The first-order valence-corrected chi connectivity index (χ1v) is 19.1. The Hall–Kier alpha value is -1.42. The molecule has 10 atom stereocenters. The monoisotopic (exact) mass is 674 g/mol. The van der Waals surface area contributed by atoms with Gasteiger partial charge in [-0.15, -0.1) is 11.8 Å². The Morgan fingerprint density at radius 1 is 0.977 bits per heavy atom. The molecule has 16 nitrogen and oxygen atoms in total. The average Bonchev–Trinajstić information content (AvgIpc) is 3.30. The number of fused-ring (bicyclic) bond motifs is 2. The van der Waals surface area contributed by atoms with Crippen LogP contribution in [0.25, 0.3) is 0 Å². The van der Waals surface area contributed by atoms with E-state index in [1.165, 1.54) is 31.9 Å². The molecule has 0 spiro atoms. The fraction of sp³-hybridized carbons (Fsp3) is 0.875. The Morgan fingerprint density at radius 3 is 2.23 bits per heavy atom. The maximum Gasteiger partial charge on any atom is 0.233 e. The summed E-state index contributed by atoms with van der Waals surface area (Å²) in [7, 11) is -5.21. The molecule has 3 unspecified atom stereocenters. The van der Waals surface area contributed by atoms with Gasteiger partial charge in [0.1, 0.15) is 54.0 Å². The van der Waals surface area contributed by atoms with E-state index in [2.05, 4.69) is 19.4 Å². The van der Waals surface area contributed by atoms with E-state index in [4.69, 9.17) is 14.2 Å². The van der Waals surface area contributed by atoms with Crippen molar-refractivity contribution in [3.63, 3.8) is 0 Å². The van der Waals surface area contributed by atoms with Crippen LogP contribution in [0.15, 0.2) is 8.73 Å². The molecule has 0 aromatic heterocycles. The molecule has 3 rings (SSSR count). The lowest BCUT2D eigenvalue weighted by atomic mass is 9.88. The van der Waals surface area contributed by atoms with Gasteiger partial charge in [0.25, 0.3) is 0 Å². The van der Waals surface area contributed by atoms with Gasteiger partial charge in [0, 0.05) is 57.4 Å². The smallest absolute Gasteiger partial charge is 0.233 e. The Balaban J connectivity index is 1.59. The summed E-state index contributed by atoms with van der Waals surface area (Å²) in [5.74, 6) is -1.52. The van der Waals surface area contributed by atoms with E-state index >= 15 is 0 Å². The van der Waals surface area contributed by atoms with Crippen LogP contribution in [0.3, 0.4) is 0 Å². The molecule has 3 saturated heterocycles. The Kier molecular flexibility index (Phi) is 12.0. The van der Waals surface area contributed by atoms with Crippen molar-refractivity contribution in [1.82, 2.24) is 10.6 Å². The first-order valence-electron chi connectivity index (χ1n) is 13.4. The molecule has 3 aliphatic rings. The molecule has 2 amide bonds. The first kappa shape index (κ1) is 36.1. The van der Waals surface area contributed by atoms with Crippen molar-refractivity contribution in [2.75, 3.05) is 57.1 Å². The summed E-state index contributed by atoms with van der Waals surface area (Å²) in [5, 5.41) is 46.4. The van der Waals surface area contributed by atoms with Crippen LogP contribution >= 0.6 is 11.8 Å². The summed E-state index contributed by atoms with van der Waals surface area (Å²) in [6.07, 6.45) is -2.70. The van der Waals surface area contributed by atoms with E-state index in [0.717, 1.165) is 11.8 Å². The SMILES string of the molecule is CC(=O)CSC(CC(=O)NC[C@@]12CO[C@@H](O1)C(N=S(C)(C)=O)[C@@H](O)[C@H]2O)C(=O)NCC1OC[C@H](N=S(C)(C)=O)[C@@H](O)[C@H]1O. The highest BCUT2D eigenvalue weighted by molar-refractivity contribution is 8.01. The molecule has 43 heavy (non-hydrogen) atoms. The number of aliphatic hydroxyl groups is 4. The van der Waals surface area contributed by atoms with E-state index in [1.54, 1.807) is 0 Å². The lowest BCUT2D eigenvalue weighted by Gasteiger charge is -2.41. The Morgan fingerprint density at radius 2 is 1.63 bits per heavy atom. The summed E-state index contributed by atoms with van der Waals surface area (Å²) in [4.78, 5) is 37.5. The molecule has 19 heteroatoms. The lowest BCUT2D eigenvalue weighted by Crippen LogP contribution is -2.64. The van der Waals surface area contributed by atoms with Crippen LogP contribution in [0, 0.1) is 0 Å². The zero-order chi connectivity index (χ0) is 32.3. The van der Waals surface area contributed by atoms with Crippen LogP contribution in [-0.2, 0) is 48.1 Å². The number of nitrogens with zero attached hydrogens (tertiary/aromatic N) is 2. The number of ketones is 1. The summed E-state index contributed by atoms with van der Waals surface area (Å²) in [5.41, 5.74) is -1.50. The maximum absolute atomic E-state index is 13.0. The van der Waals surface area contributed by atoms with Crippen LogP contribution in [0.2, 0.25) is 0 Å². The molecule has 0 radical (unpaired) electrons. The molecule has 2 bridgehead atoms. The predicted octanol–water partition coefficient (Wildman–Crippen LogP) is -3.54. The molecule has 3 fully saturated rings. The van der Waals surface area contributed by atoms with Gasteiger partial charge >= 0.3 is 0 Å². The number of hydrogen-bond donors (Lipinski definition) is 6. The topological polar surface area (TPSA) is 243 Å². The Labute approximate surface area is 255 Å². The minimum Gasteiger partial charge on any atom is -0.388 e. The molecule has 3 heterocycles. The maximum atomic E-state index is 13.0. The number of rotatable bonds is 12. The van der Waals surface area contributed by atoms with Gasteiger partial charge in [-0.2, -0.15) is 0 Å². The van der Waals surface area contributed by atoms with Gasteiger partial charge in [-0.3, -0.25) is 22.8 Å². The van der Waals surface area contributed by atoms with Gasteiger partial charge in [-0.25, -0.2) is 8.73 Å². The van der Waals surface area contributed by atoms with E-state index in [1.807, 2.05) is 0 Å². The normalized spacial score (nSPS) is 35.1. The van der Waals surface area contributed by atoms with Crippen molar-refractivity contribution in [2.45, 2.75) is 73.1 Å². The van der Waals surface area contributed by atoms with Crippen molar-refractivity contribution >= 4 is 48.8 Å².